The maximum atomic E-state index is 13.2. The molecule has 0 spiro atoms. The zero-order chi connectivity index (χ0) is 24.0. The molecule has 0 N–H and O–H groups in total. The van der Waals surface area contributed by atoms with Gasteiger partial charge in [-0.25, -0.2) is 4.98 Å². The lowest BCUT2D eigenvalue weighted by molar-refractivity contribution is 0.769. The summed E-state index contributed by atoms with van der Waals surface area (Å²) in [6.07, 6.45) is 1.77. The Balaban J connectivity index is 1.63. The van der Waals surface area contributed by atoms with Crippen LogP contribution in [0.5, 0.6) is 0 Å². The number of aromatic nitrogens is 3. The molecule has 0 aliphatic heterocycles. The molecular formula is C26H19Br3N4O. The summed E-state index contributed by atoms with van der Waals surface area (Å²) in [5.41, 5.74) is 4.80. The van der Waals surface area contributed by atoms with Crippen LogP contribution in [0.25, 0.3) is 21.8 Å². The van der Waals surface area contributed by atoms with Gasteiger partial charge < -0.3 is 4.57 Å². The van der Waals surface area contributed by atoms with Crippen molar-refractivity contribution in [2.45, 2.75) is 20.4 Å². The average molecular weight is 643 g/mol. The molecule has 34 heavy (non-hydrogen) atoms. The molecule has 5 nitrogen and oxygen atoms in total. The van der Waals surface area contributed by atoms with Gasteiger partial charge in [-0.2, -0.15) is 9.78 Å². The minimum Gasteiger partial charge on any atom is -0.340 e. The molecule has 8 heteroatoms. The van der Waals surface area contributed by atoms with Gasteiger partial charge in [-0.15, -0.1) is 0 Å². The van der Waals surface area contributed by atoms with Crippen molar-refractivity contribution in [3.8, 4) is 0 Å². The topological polar surface area (TPSA) is 52.2 Å². The summed E-state index contributed by atoms with van der Waals surface area (Å²) in [4.78, 5) is 17.7. The number of halogens is 3. The van der Waals surface area contributed by atoms with Crippen LogP contribution in [0.2, 0.25) is 0 Å². The van der Waals surface area contributed by atoms with E-state index in [0.717, 1.165) is 35.6 Å². The van der Waals surface area contributed by atoms with Crippen molar-refractivity contribution in [2.24, 2.45) is 5.10 Å². The van der Waals surface area contributed by atoms with Crippen LogP contribution in [0.3, 0.4) is 0 Å². The maximum absolute atomic E-state index is 13.2. The minimum atomic E-state index is -0.194. The molecule has 5 rings (SSSR count). The van der Waals surface area contributed by atoms with E-state index in [1.165, 1.54) is 10.2 Å². The molecule has 0 aliphatic carbocycles. The standard InChI is InChI=1S/C26H19Br3N4O/c1-15-22(13-30-33-16(2)31-24-10-9-18(27)11-21(24)26(33)34)20-5-3-4-6-25(20)32(15)14-17-7-8-19(28)12-23(17)29/h3-13H,14H2,1-2H3. The number of fused-ring (bicyclic) bond motifs is 2. The van der Waals surface area contributed by atoms with E-state index in [1.807, 2.05) is 30.3 Å². The van der Waals surface area contributed by atoms with Crippen molar-refractivity contribution in [3.05, 3.63) is 107 Å². The van der Waals surface area contributed by atoms with Crippen molar-refractivity contribution in [2.75, 3.05) is 0 Å². The first-order valence-electron chi connectivity index (χ1n) is 10.6. The number of rotatable bonds is 4. The van der Waals surface area contributed by atoms with E-state index in [2.05, 4.69) is 93.6 Å². The Bertz CT molecular complexity index is 1670. The molecule has 0 saturated carbocycles. The molecular weight excluding hydrogens is 624 g/mol. The molecule has 0 bridgehead atoms. The summed E-state index contributed by atoms with van der Waals surface area (Å²) in [5, 5.41) is 6.20. The highest BCUT2D eigenvalue weighted by Crippen LogP contribution is 2.28. The Morgan fingerprint density at radius 1 is 0.941 bits per heavy atom. The third-order valence-corrected chi connectivity index (χ3v) is 7.62. The van der Waals surface area contributed by atoms with E-state index in [0.29, 0.717) is 23.3 Å². The normalized spacial score (nSPS) is 11.8. The van der Waals surface area contributed by atoms with Crippen LogP contribution >= 0.6 is 47.8 Å². The van der Waals surface area contributed by atoms with Gasteiger partial charge in [0.15, 0.2) is 0 Å². The third-order valence-electron chi connectivity index (χ3n) is 5.90. The molecule has 0 fully saturated rings. The number of para-hydroxylation sites is 1. The Kier molecular flexibility index (Phi) is 6.31. The number of nitrogens with zero attached hydrogens (tertiary/aromatic N) is 4. The molecule has 0 unspecified atom stereocenters. The molecule has 170 valence electrons. The highest BCUT2D eigenvalue weighted by molar-refractivity contribution is 9.11. The first-order chi connectivity index (χ1) is 16.3. The number of aryl methyl sites for hydroxylation is 1. The van der Waals surface area contributed by atoms with Crippen LogP contribution in [0.15, 0.2) is 84.0 Å². The lowest BCUT2D eigenvalue weighted by Gasteiger charge is -2.11. The fraction of sp³-hybridized carbons (Fsp3) is 0.115. The third kappa shape index (κ3) is 4.19. The van der Waals surface area contributed by atoms with E-state index in [9.17, 15) is 4.79 Å². The summed E-state index contributed by atoms with van der Waals surface area (Å²) in [6, 6.07) is 20.0. The summed E-state index contributed by atoms with van der Waals surface area (Å²) < 4.78 is 6.55. The van der Waals surface area contributed by atoms with E-state index >= 15 is 0 Å². The number of hydrogen-bond acceptors (Lipinski definition) is 3. The summed E-state index contributed by atoms with van der Waals surface area (Å²) in [6.45, 7) is 4.58. The molecule has 2 heterocycles. The number of hydrogen-bond donors (Lipinski definition) is 0. The van der Waals surface area contributed by atoms with E-state index in [1.54, 1.807) is 19.2 Å². The highest BCUT2D eigenvalue weighted by atomic mass is 79.9. The maximum Gasteiger partial charge on any atom is 0.282 e. The monoisotopic (exact) mass is 640 g/mol. The van der Waals surface area contributed by atoms with Crippen LogP contribution < -0.4 is 5.56 Å². The molecule has 2 aromatic heterocycles. The smallest absolute Gasteiger partial charge is 0.282 e. The van der Waals surface area contributed by atoms with Gasteiger partial charge in [-0.3, -0.25) is 4.79 Å². The summed E-state index contributed by atoms with van der Waals surface area (Å²) in [5.74, 6) is 0.538. The van der Waals surface area contributed by atoms with Crippen molar-refractivity contribution in [1.29, 1.82) is 0 Å². The first kappa shape index (κ1) is 23.2. The van der Waals surface area contributed by atoms with E-state index in [4.69, 9.17) is 0 Å². The Morgan fingerprint density at radius 3 is 2.47 bits per heavy atom. The molecule has 0 saturated heterocycles. The Morgan fingerprint density at radius 2 is 1.68 bits per heavy atom. The van der Waals surface area contributed by atoms with Gasteiger partial charge in [0.1, 0.15) is 5.82 Å². The lowest BCUT2D eigenvalue weighted by atomic mass is 10.1. The molecule has 0 atom stereocenters. The fourth-order valence-corrected chi connectivity index (χ4v) is 5.69. The van der Waals surface area contributed by atoms with Crippen molar-refractivity contribution in [1.82, 2.24) is 14.2 Å². The lowest BCUT2D eigenvalue weighted by Crippen LogP contribution is -2.20. The van der Waals surface area contributed by atoms with Gasteiger partial charge in [0, 0.05) is 42.1 Å². The Hall–Kier alpha value is -2.55. The van der Waals surface area contributed by atoms with Crippen molar-refractivity contribution >= 4 is 75.8 Å². The van der Waals surface area contributed by atoms with Crippen molar-refractivity contribution in [3.63, 3.8) is 0 Å². The van der Waals surface area contributed by atoms with Crippen LogP contribution in [0.1, 0.15) is 22.6 Å². The number of benzene rings is 3. The SMILES string of the molecule is Cc1nc2ccc(Br)cc2c(=O)n1N=Cc1c(C)n(Cc2ccc(Br)cc2Br)c2ccccc12. The summed E-state index contributed by atoms with van der Waals surface area (Å²) in [7, 11) is 0. The second kappa shape index (κ2) is 9.24. The zero-order valence-electron chi connectivity index (χ0n) is 18.4. The quantitative estimate of drug-likeness (QED) is 0.195. The Labute approximate surface area is 221 Å². The molecule has 0 aliphatic rings. The van der Waals surface area contributed by atoms with Crippen molar-refractivity contribution < 1.29 is 0 Å². The molecule has 0 amide bonds. The summed E-state index contributed by atoms with van der Waals surface area (Å²) >= 11 is 10.6. The average Bonchev–Trinajstić information content (AvgIpc) is 3.07. The second-order valence-corrected chi connectivity index (χ2v) is 10.7. The minimum absolute atomic E-state index is 0.194. The predicted octanol–water partition coefficient (Wildman–Crippen LogP) is 7.19. The van der Waals surface area contributed by atoms with Crippen LogP contribution in [-0.2, 0) is 6.54 Å². The van der Waals surface area contributed by atoms with Crippen LogP contribution in [0.4, 0.5) is 0 Å². The van der Waals surface area contributed by atoms with Gasteiger partial charge in [0.25, 0.3) is 5.56 Å². The molecule has 3 aromatic carbocycles. The second-order valence-electron chi connectivity index (χ2n) is 8.02. The zero-order valence-corrected chi connectivity index (χ0v) is 23.1. The van der Waals surface area contributed by atoms with Crippen LogP contribution in [0, 0.1) is 13.8 Å². The molecule has 0 radical (unpaired) electrons. The molecule has 5 aromatic rings. The first-order valence-corrected chi connectivity index (χ1v) is 13.0. The van der Waals surface area contributed by atoms with Gasteiger partial charge in [-0.1, -0.05) is 72.1 Å². The fourth-order valence-electron chi connectivity index (χ4n) is 4.16. The van der Waals surface area contributed by atoms with Crippen LogP contribution in [-0.4, -0.2) is 20.4 Å². The van der Waals surface area contributed by atoms with Gasteiger partial charge >= 0.3 is 0 Å². The van der Waals surface area contributed by atoms with E-state index in [-0.39, 0.29) is 5.56 Å². The largest absolute Gasteiger partial charge is 0.340 e. The van der Waals surface area contributed by atoms with Gasteiger partial charge in [0.2, 0.25) is 0 Å². The highest BCUT2D eigenvalue weighted by Gasteiger charge is 2.15. The van der Waals surface area contributed by atoms with E-state index < -0.39 is 0 Å². The van der Waals surface area contributed by atoms with Gasteiger partial charge in [-0.05, 0) is 55.8 Å². The van der Waals surface area contributed by atoms with Gasteiger partial charge in [0.05, 0.1) is 17.1 Å². The predicted molar refractivity (Wildman–Crippen MR) is 149 cm³/mol.